The number of nitrogen functional groups attached to an aromatic ring is 2. The number of phenols is 1. The Bertz CT molecular complexity index is 3500. The first kappa shape index (κ1) is 52.6. The number of imidazole rings is 2. The zero-order valence-corrected chi connectivity index (χ0v) is 41.9. The van der Waals surface area contributed by atoms with E-state index in [0.29, 0.717) is 17.8 Å². The molecule has 0 bridgehead atoms. The average molecular weight is 1020 g/mol. The Morgan fingerprint density at radius 3 is 1.20 bits per heavy atom. The van der Waals surface area contributed by atoms with Crippen molar-refractivity contribution in [3.63, 3.8) is 0 Å². The summed E-state index contributed by atoms with van der Waals surface area (Å²) >= 11 is 0. The van der Waals surface area contributed by atoms with Crippen LogP contribution in [0.5, 0.6) is 51.7 Å². The summed E-state index contributed by atoms with van der Waals surface area (Å²) in [6.07, 6.45) is 0.353. The van der Waals surface area contributed by atoms with E-state index < -0.39 is 6.29 Å². The minimum atomic E-state index is -1.31. The highest BCUT2D eigenvalue weighted by Crippen LogP contribution is 2.27. The van der Waals surface area contributed by atoms with Gasteiger partial charge in [-0.05, 0) is 126 Å². The van der Waals surface area contributed by atoms with E-state index in [1.54, 1.807) is 44.6 Å². The van der Waals surface area contributed by atoms with E-state index in [-0.39, 0.29) is 12.2 Å². The third-order valence-electron chi connectivity index (χ3n) is 11.4. The van der Waals surface area contributed by atoms with Gasteiger partial charge in [-0.1, -0.05) is 91.0 Å². The van der Waals surface area contributed by atoms with Crippen LogP contribution in [0.3, 0.4) is 0 Å². The highest BCUT2D eigenvalue weighted by Gasteiger charge is 2.08. The summed E-state index contributed by atoms with van der Waals surface area (Å²) in [6.45, 7) is 0. The van der Waals surface area contributed by atoms with Gasteiger partial charge in [0.25, 0.3) is 0 Å². The third kappa shape index (κ3) is 15.9. The summed E-state index contributed by atoms with van der Waals surface area (Å²) in [5.41, 5.74) is 18.9. The Hall–Kier alpha value is -9.76. The molecule has 0 spiro atoms. The molecule has 9 aromatic carbocycles. The molecule has 0 saturated carbocycles. The summed E-state index contributed by atoms with van der Waals surface area (Å²) < 4.78 is 27.4. The number of rotatable bonds is 14. The maximum absolute atomic E-state index is 9.52. The second-order valence-corrected chi connectivity index (χ2v) is 17.2. The lowest BCUT2D eigenvalue weighted by molar-refractivity contribution is -0.0381. The van der Waals surface area contributed by atoms with Gasteiger partial charge in [0.1, 0.15) is 63.4 Å². The maximum atomic E-state index is 9.52. The number of aliphatic hydroxyl groups excluding tert-OH is 1. The number of nitrogens with one attached hydrogen (secondary N) is 2. The molecule has 0 radical (unpaired) electrons. The summed E-state index contributed by atoms with van der Waals surface area (Å²) in [5, 5.41) is 27.2. The second kappa shape index (κ2) is 26.3. The molecule has 2 heterocycles. The first-order valence-corrected chi connectivity index (χ1v) is 24.2. The number of hydrogen-bond acceptors (Lipinski definition) is 12. The fourth-order valence-corrected chi connectivity index (χ4v) is 7.58. The molecule has 0 atom stereocenters. The van der Waals surface area contributed by atoms with Crippen molar-refractivity contribution in [2.45, 2.75) is 25.6 Å². The van der Waals surface area contributed by atoms with Crippen LogP contribution in [0.25, 0.3) is 22.1 Å². The topological polar surface area (TPSA) is 216 Å². The van der Waals surface area contributed by atoms with Crippen LogP contribution in [-0.4, -0.2) is 55.8 Å². The van der Waals surface area contributed by atoms with Crippen molar-refractivity contribution in [3.05, 3.63) is 247 Å². The number of H-pyrrole nitrogens is 2. The summed E-state index contributed by atoms with van der Waals surface area (Å²) in [4.78, 5) is 15.8. The molecule has 384 valence electrons. The quantitative estimate of drug-likeness (QED) is 0.0400. The average Bonchev–Trinajstić information content (AvgIpc) is 4.04. The third-order valence-corrected chi connectivity index (χ3v) is 11.4. The number of methoxy groups -OCH3 is 2. The Morgan fingerprint density at radius 1 is 0.408 bits per heavy atom. The van der Waals surface area contributed by atoms with Crippen molar-refractivity contribution in [1.29, 1.82) is 0 Å². The number of hydrogen-bond donors (Lipinski definition) is 7. The minimum absolute atomic E-state index is 0.228. The summed E-state index contributed by atoms with van der Waals surface area (Å²) in [6, 6.07) is 68.5. The van der Waals surface area contributed by atoms with E-state index in [4.69, 9.17) is 45.4 Å². The van der Waals surface area contributed by atoms with E-state index >= 15 is 0 Å². The van der Waals surface area contributed by atoms with Crippen molar-refractivity contribution < 1.29 is 39.0 Å². The predicted molar refractivity (Wildman–Crippen MR) is 299 cm³/mol. The number of benzene rings is 9. The first-order valence-electron chi connectivity index (χ1n) is 24.2. The highest BCUT2D eigenvalue weighted by molar-refractivity contribution is 5.77. The van der Waals surface area contributed by atoms with Crippen molar-refractivity contribution in [3.8, 4) is 51.7 Å². The molecule has 0 fully saturated rings. The van der Waals surface area contributed by atoms with E-state index in [1.807, 2.05) is 176 Å². The zero-order chi connectivity index (χ0) is 53.1. The number of para-hydroxylation sites is 3. The van der Waals surface area contributed by atoms with Gasteiger partial charge < -0.3 is 60.4 Å². The number of phenolic OH excluding ortho intramolecular Hbond substituents is 1. The van der Waals surface area contributed by atoms with E-state index in [0.717, 1.165) is 97.3 Å². The van der Waals surface area contributed by atoms with Crippen molar-refractivity contribution >= 4 is 33.4 Å². The van der Waals surface area contributed by atoms with Crippen molar-refractivity contribution in [2.24, 2.45) is 0 Å². The van der Waals surface area contributed by atoms with E-state index in [1.165, 1.54) is 5.56 Å². The molecule has 0 aliphatic carbocycles. The molecule has 0 aliphatic heterocycles. The van der Waals surface area contributed by atoms with Crippen molar-refractivity contribution in [2.75, 3.05) is 25.7 Å². The molecular weight excluding hydrogens is 957 g/mol. The molecule has 14 nitrogen and oxygen atoms in total. The minimum Gasteiger partial charge on any atom is -0.508 e. The molecule has 76 heavy (non-hydrogen) atoms. The number of aromatic nitrogens is 4. The number of anilines is 2. The van der Waals surface area contributed by atoms with Crippen LogP contribution in [-0.2, 0) is 19.3 Å². The fraction of sp³-hybridized carbons (Fsp3) is 0.0968. The smallest absolute Gasteiger partial charge is 0.155 e. The predicted octanol–water partition coefficient (Wildman–Crippen LogP) is 12.8. The largest absolute Gasteiger partial charge is 0.508 e. The summed E-state index contributed by atoms with van der Waals surface area (Å²) in [7, 11) is 3.25. The van der Waals surface area contributed by atoms with Crippen LogP contribution < -0.4 is 35.2 Å². The van der Waals surface area contributed by atoms with Crippen molar-refractivity contribution in [1.82, 2.24) is 19.9 Å². The van der Waals surface area contributed by atoms with Gasteiger partial charge in [-0.2, -0.15) is 0 Å². The van der Waals surface area contributed by atoms with Crippen LogP contribution in [0.1, 0.15) is 28.3 Å². The molecule has 0 saturated heterocycles. The van der Waals surface area contributed by atoms with Gasteiger partial charge in [0, 0.05) is 37.5 Å². The number of nitrogens with two attached hydrogens (primary N) is 2. The lowest BCUT2D eigenvalue weighted by Crippen LogP contribution is -2.07. The van der Waals surface area contributed by atoms with Crippen LogP contribution in [0, 0.1) is 0 Å². The molecule has 14 heteroatoms. The van der Waals surface area contributed by atoms with Gasteiger partial charge >= 0.3 is 0 Å². The number of aromatic amines is 2. The van der Waals surface area contributed by atoms with Crippen LogP contribution >= 0.6 is 0 Å². The SMILES string of the molecule is COc1ccc(N)c(N)c1.COc1ccc2nc(Cc3ccc(Oc4ccccc4)cc3)[nH]c2c1.OC(O)Cc1ccc(Oc2ccccc2)cc1.Oc1ccc2nc(Cc3ccc(Oc4ccccc4)cc3)[nH]c2c1. The molecule has 0 aliphatic rings. The lowest BCUT2D eigenvalue weighted by Gasteiger charge is -2.07. The van der Waals surface area contributed by atoms with E-state index in [9.17, 15) is 5.11 Å². The Kier molecular flexibility index (Phi) is 18.2. The number of ether oxygens (including phenoxy) is 5. The van der Waals surface area contributed by atoms with E-state index in [2.05, 4.69) is 32.1 Å². The molecule has 11 rings (SSSR count). The number of fused-ring (bicyclic) bond motifs is 2. The number of aromatic hydroxyl groups is 1. The molecule has 0 amide bonds. The monoisotopic (exact) mass is 1010 g/mol. The fourth-order valence-electron chi connectivity index (χ4n) is 7.58. The zero-order valence-electron chi connectivity index (χ0n) is 41.9. The first-order chi connectivity index (χ1) is 37.0. The van der Waals surface area contributed by atoms with Gasteiger partial charge in [0.15, 0.2) is 6.29 Å². The molecule has 9 N–H and O–H groups in total. The second-order valence-electron chi connectivity index (χ2n) is 17.2. The standard InChI is InChI=1S/C21H18N2O2.C20H16N2O2.C14H14O3.C7H10N2O/c1-24-18-11-12-19-20(14-18)23-21(22-19)13-15-7-9-17(10-8-15)25-16-5-3-2-4-6-16;23-15-8-11-18-19(13-15)22-20(21-18)12-14-6-9-17(10-7-14)24-16-4-2-1-3-5-16;15-14(16)10-11-6-8-13(9-7-11)17-12-4-2-1-3-5-12;1-10-5-2-3-6(8)7(9)4-5/h2-12,14H,13H2,1H3,(H,22,23);1-11,13,23H,12H2,(H,21,22);1-9,14-16H,10H2;2-4H,8-9H2,1H3. The highest BCUT2D eigenvalue weighted by atomic mass is 16.5. The van der Waals surface area contributed by atoms with Crippen LogP contribution in [0.4, 0.5) is 11.4 Å². The van der Waals surface area contributed by atoms with Crippen LogP contribution in [0.15, 0.2) is 218 Å². The van der Waals surface area contributed by atoms with Gasteiger partial charge in [-0.3, -0.25) is 0 Å². The Labute approximate surface area is 440 Å². The number of nitrogens with zero attached hydrogens (tertiary/aromatic N) is 2. The Morgan fingerprint density at radius 2 is 0.776 bits per heavy atom. The Balaban J connectivity index is 0.000000141. The van der Waals surface area contributed by atoms with Gasteiger partial charge in [-0.15, -0.1) is 0 Å². The lowest BCUT2D eigenvalue weighted by atomic mass is 10.1. The van der Waals surface area contributed by atoms with Crippen LogP contribution in [0.2, 0.25) is 0 Å². The molecular formula is C62H58N6O8. The van der Waals surface area contributed by atoms with Gasteiger partial charge in [0.05, 0.1) is 47.7 Å². The van der Waals surface area contributed by atoms with Gasteiger partial charge in [-0.25, -0.2) is 9.97 Å². The summed E-state index contributed by atoms with van der Waals surface area (Å²) in [5.74, 6) is 8.38. The molecule has 0 unspecified atom stereocenters. The molecule has 11 aromatic rings. The molecule has 2 aromatic heterocycles. The number of aliphatic hydroxyl groups is 2. The normalized spacial score (nSPS) is 10.5. The van der Waals surface area contributed by atoms with Gasteiger partial charge in [0.2, 0.25) is 0 Å². The maximum Gasteiger partial charge on any atom is 0.155 e.